The minimum Gasteiger partial charge on any atom is -0.270 e. The van der Waals surface area contributed by atoms with E-state index in [0.29, 0.717) is 29.2 Å². The van der Waals surface area contributed by atoms with Gasteiger partial charge in [0.15, 0.2) is 0 Å². The van der Waals surface area contributed by atoms with Crippen LogP contribution in [-0.2, 0) is 10.0 Å². The van der Waals surface area contributed by atoms with Crippen molar-refractivity contribution in [3.8, 4) is 0 Å². The fourth-order valence-corrected chi connectivity index (χ4v) is 4.90. The second-order valence-electron chi connectivity index (χ2n) is 6.10. The first kappa shape index (κ1) is 13.7. The summed E-state index contributed by atoms with van der Waals surface area (Å²) in [6.45, 7) is 6.97. The van der Waals surface area contributed by atoms with Crippen LogP contribution in [0.4, 0.5) is 0 Å². The summed E-state index contributed by atoms with van der Waals surface area (Å²) in [7, 11) is -3.39. The van der Waals surface area contributed by atoms with Crippen molar-refractivity contribution < 1.29 is 8.42 Å². The average molecular weight is 291 g/mol. The monoisotopic (exact) mass is 291 g/mol. The number of fused-ring (bicyclic) bond motifs is 1. The number of benzene rings is 1. The van der Waals surface area contributed by atoms with Gasteiger partial charge in [0.25, 0.3) is 10.0 Å². The standard InChI is InChI=1S/C16H21NO2S/c1-11-4-6-14(7-5-11)20(18,19)17-9-8-15-13(3)12(2)10-16(15)17/h4-7,10,12-13,15H,8-9H2,1-3H3. The second kappa shape index (κ2) is 4.62. The molecule has 4 heteroatoms. The molecule has 3 nitrogen and oxygen atoms in total. The molecule has 0 bridgehead atoms. The number of hydrogen-bond donors (Lipinski definition) is 0. The van der Waals surface area contributed by atoms with Crippen molar-refractivity contribution in [3.05, 3.63) is 41.6 Å². The van der Waals surface area contributed by atoms with Crippen LogP contribution < -0.4 is 0 Å². The predicted molar refractivity (Wildman–Crippen MR) is 79.6 cm³/mol. The molecule has 1 fully saturated rings. The fourth-order valence-electron chi connectivity index (χ4n) is 3.34. The number of nitrogens with zero attached hydrogens (tertiary/aromatic N) is 1. The van der Waals surface area contributed by atoms with Crippen molar-refractivity contribution in [2.45, 2.75) is 32.1 Å². The van der Waals surface area contributed by atoms with E-state index < -0.39 is 10.0 Å². The summed E-state index contributed by atoms with van der Waals surface area (Å²) >= 11 is 0. The van der Waals surface area contributed by atoms with Gasteiger partial charge in [-0.1, -0.05) is 37.6 Å². The lowest BCUT2D eigenvalue weighted by Crippen LogP contribution is -2.27. The third-order valence-electron chi connectivity index (χ3n) is 4.82. The Bertz CT molecular complexity index is 646. The van der Waals surface area contributed by atoms with Gasteiger partial charge in [0, 0.05) is 18.2 Å². The van der Waals surface area contributed by atoms with Gasteiger partial charge in [-0.2, -0.15) is 0 Å². The van der Waals surface area contributed by atoms with Crippen LogP contribution in [0.15, 0.2) is 40.9 Å². The first-order valence-corrected chi connectivity index (χ1v) is 8.66. The predicted octanol–water partition coefficient (Wildman–Crippen LogP) is 3.18. The van der Waals surface area contributed by atoms with E-state index in [9.17, 15) is 8.42 Å². The summed E-state index contributed by atoms with van der Waals surface area (Å²) in [5.74, 6) is 1.42. The van der Waals surface area contributed by atoms with Gasteiger partial charge in [-0.15, -0.1) is 0 Å². The number of hydrogen-bond acceptors (Lipinski definition) is 2. The molecule has 1 aromatic rings. The Balaban J connectivity index is 1.97. The second-order valence-corrected chi connectivity index (χ2v) is 7.96. The van der Waals surface area contributed by atoms with Gasteiger partial charge in [-0.3, -0.25) is 4.31 Å². The molecule has 0 saturated carbocycles. The van der Waals surface area contributed by atoms with Gasteiger partial charge in [0.2, 0.25) is 0 Å². The van der Waals surface area contributed by atoms with E-state index in [1.165, 1.54) is 0 Å². The number of aryl methyl sites for hydroxylation is 1. The van der Waals surface area contributed by atoms with E-state index in [0.717, 1.165) is 17.7 Å². The van der Waals surface area contributed by atoms with E-state index in [1.807, 2.05) is 19.1 Å². The Kier molecular flexibility index (Phi) is 3.16. The normalized spacial score (nSPS) is 29.4. The molecule has 0 spiro atoms. The van der Waals surface area contributed by atoms with Crippen LogP contribution in [0.2, 0.25) is 0 Å². The zero-order valence-corrected chi connectivity index (χ0v) is 13.0. The highest BCUT2D eigenvalue weighted by Gasteiger charge is 2.43. The van der Waals surface area contributed by atoms with Crippen LogP contribution in [0, 0.1) is 24.7 Å². The van der Waals surface area contributed by atoms with Crippen molar-refractivity contribution >= 4 is 10.0 Å². The summed E-state index contributed by atoms with van der Waals surface area (Å²) in [6, 6.07) is 7.13. The van der Waals surface area contributed by atoms with Gasteiger partial charge in [0.05, 0.1) is 4.90 Å². The lowest BCUT2D eigenvalue weighted by Gasteiger charge is -2.20. The number of sulfonamides is 1. The van der Waals surface area contributed by atoms with E-state index >= 15 is 0 Å². The molecule has 1 aliphatic heterocycles. The molecule has 20 heavy (non-hydrogen) atoms. The lowest BCUT2D eigenvalue weighted by atomic mass is 9.89. The molecule has 3 atom stereocenters. The Morgan fingerprint density at radius 1 is 1.15 bits per heavy atom. The Morgan fingerprint density at radius 3 is 2.45 bits per heavy atom. The molecule has 3 rings (SSSR count). The minimum absolute atomic E-state index is 0.400. The van der Waals surface area contributed by atoms with Gasteiger partial charge < -0.3 is 0 Å². The van der Waals surface area contributed by atoms with E-state index in [4.69, 9.17) is 0 Å². The molecule has 0 radical (unpaired) electrons. The number of allylic oxidation sites excluding steroid dienone is 2. The van der Waals surface area contributed by atoms with Crippen LogP contribution in [0.3, 0.4) is 0 Å². The summed E-state index contributed by atoms with van der Waals surface area (Å²) in [5.41, 5.74) is 2.09. The fraction of sp³-hybridized carbons (Fsp3) is 0.500. The van der Waals surface area contributed by atoms with Crippen LogP contribution in [-0.4, -0.2) is 19.3 Å². The van der Waals surface area contributed by atoms with E-state index in [-0.39, 0.29) is 0 Å². The summed E-state index contributed by atoms with van der Waals surface area (Å²) in [4.78, 5) is 0.400. The Labute approximate surface area is 121 Å². The topological polar surface area (TPSA) is 37.4 Å². The summed E-state index contributed by atoms with van der Waals surface area (Å²) in [5, 5.41) is 0. The highest BCUT2D eigenvalue weighted by atomic mass is 32.2. The molecule has 3 unspecified atom stereocenters. The maximum atomic E-state index is 12.8. The number of rotatable bonds is 2. The molecule has 0 aromatic heterocycles. The molecular weight excluding hydrogens is 270 g/mol. The molecule has 0 N–H and O–H groups in total. The smallest absolute Gasteiger partial charge is 0.264 e. The minimum atomic E-state index is -3.39. The summed E-state index contributed by atoms with van der Waals surface area (Å²) < 4.78 is 27.2. The zero-order valence-electron chi connectivity index (χ0n) is 12.2. The van der Waals surface area contributed by atoms with Gasteiger partial charge in [-0.05, 0) is 37.3 Å². The maximum Gasteiger partial charge on any atom is 0.264 e. The van der Waals surface area contributed by atoms with Crippen LogP contribution in [0.25, 0.3) is 0 Å². The van der Waals surface area contributed by atoms with Gasteiger partial charge in [0.1, 0.15) is 0 Å². The van der Waals surface area contributed by atoms with Crippen molar-refractivity contribution in [3.63, 3.8) is 0 Å². The van der Waals surface area contributed by atoms with Crippen molar-refractivity contribution in [2.24, 2.45) is 17.8 Å². The first-order chi connectivity index (χ1) is 9.41. The summed E-state index contributed by atoms with van der Waals surface area (Å²) in [6.07, 6.45) is 3.09. The molecular formula is C16H21NO2S. The zero-order chi connectivity index (χ0) is 14.5. The average Bonchev–Trinajstić information content (AvgIpc) is 2.92. The van der Waals surface area contributed by atoms with Crippen molar-refractivity contribution in [2.75, 3.05) is 6.54 Å². The van der Waals surface area contributed by atoms with E-state index in [2.05, 4.69) is 19.9 Å². The van der Waals surface area contributed by atoms with Crippen molar-refractivity contribution in [1.29, 1.82) is 0 Å². The first-order valence-electron chi connectivity index (χ1n) is 7.22. The molecule has 1 heterocycles. The van der Waals surface area contributed by atoms with Crippen LogP contribution in [0.1, 0.15) is 25.8 Å². The molecule has 2 aliphatic rings. The molecule has 1 aliphatic carbocycles. The van der Waals surface area contributed by atoms with E-state index in [1.54, 1.807) is 16.4 Å². The largest absolute Gasteiger partial charge is 0.270 e. The van der Waals surface area contributed by atoms with Gasteiger partial charge in [-0.25, -0.2) is 8.42 Å². The van der Waals surface area contributed by atoms with Crippen LogP contribution >= 0.6 is 0 Å². The maximum absolute atomic E-state index is 12.8. The van der Waals surface area contributed by atoms with Crippen LogP contribution in [0.5, 0.6) is 0 Å². The molecule has 108 valence electrons. The molecule has 1 aromatic carbocycles. The molecule has 1 saturated heterocycles. The van der Waals surface area contributed by atoms with Crippen molar-refractivity contribution in [1.82, 2.24) is 4.31 Å². The lowest BCUT2D eigenvalue weighted by molar-refractivity contribution is 0.379. The third kappa shape index (κ3) is 1.97. The Morgan fingerprint density at radius 2 is 1.80 bits per heavy atom. The third-order valence-corrected chi connectivity index (χ3v) is 6.66. The SMILES string of the molecule is Cc1ccc(S(=O)(=O)N2CCC3C2=CC(C)C3C)cc1. The highest BCUT2D eigenvalue weighted by molar-refractivity contribution is 7.89. The highest BCUT2D eigenvalue weighted by Crippen LogP contribution is 2.45. The molecule has 0 amide bonds. The van der Waals surface area contributed by atoms with Gasteiger partial charge >= 0.3 is 0 Å². The quantitative estimate of drug-likeness (QED) is 0.839. The Hall–Kier alpha value is -1.29.